The van der Waals surface area contributed by atoms with Gasteiger partial charge in [-0.15, -0.1) is 0 Å². The molecule has 0 saturated heterocycles. The van der Waals surface area contributed by atoms with Gasteiger partial charge in [0.05, 0.1) is 11.0 Å². The third-order valence-electron chi connectivity index (χ3n) is 18.9. The lowest BCUT2D eigenvalue weighted by Crippen LogP contribution is -1.96. The summed E-state index contributed by atoms with van der Waals surface area (Å²) in [5, 5.41) is 27.4. The summed E-state index contributed by atoms with van der Waals surface area (Å²) in [5.74, 6) is 0. The molecule has 0 spiro atoms. The van der Waals surface area contributed by atoms with E-state index in [1.807, 2.05) is 12.1 Å². The lowest BCUT2D eigenvalue weighted by atomic mass is 9.88. The zero-order valence-electron chi connectivity index (χ0n) is 46.6. The largest absolute Gasteiger partial charge is 0.456 e. The van der Waals surface area contributed by atoms with E-state index in [2.05, 4.69) is 290 Å². The molecule has 2 heteroatoms. The number of fused-ring (bicyclic) bond motifs is 24. The molecule has 0 bridgehead atoms. The van der Waals surface area contributed by atoms with Crippen molar-refractivity contribution in [3.8, 4) is 50.2 Å². The van der Waals surface area contributed by atoms with E-state index in [-0.39, 0.29) is 0 Å². The molecule has 2 heterocycles. The van der Waals surface area contributed by atoms with Gasteiger partial charge in [-0.2, -0.15) is 0 Å². The van der Waals surface area contributed by atoms with Gasteiger partial charge in [-0.1, -0.05) is 218 Å². The molecule has 0 aliphatic carbocycles. The highest BCUT2D eigenvalue weighted by molar-refractivity contribution is 6.29. The first-order valence-electron chi connectivity index (χ1n) is 29.8. The molecule has 0 fully saturated rings. The Kier molecular flexibility index (Phi) is 9.93. The van der Waals surface area contributed by atoms with Gasteiger partial charge in [-0.05, 0) is 220 Å². The van der Waals surface area contributed by atoms with Crippen molar-refractivity contribution in [3.05, 3.63) is 297 Å². The van der Waals surface area contributed by atoms with Crippen LogP contribution in [0.4, 0.5) is 0 Å². The van der Waals surface area contributed by atoms with Crippen molar-refractivity contribution in [3.63, 3.8) is 0 Å². The van der Waals surface area contributed by atoms with E-state index in [0.717, 1.165) is 27.6 Å². The van der Waals surface area contributed by atoms with Crippen LogP contribution in [0.15, 0.2) is 302 Å². The fraction of sp³-hybridized carbons (Fsp3) is 0. The Hall–Kier alpha value is -11.3. The monoisotopic (exact) mass is 1090 g/mol. The summed E-state index contributed by atoms with van der Waals surface area (Å²) in [6.45, 7) is 0. The predicted molar refractivity (Wildman–Crippen MR) is 367 cm³/mol. The van der Waals surface area contributed by atoms with E-state index in [9.17, 15) is 0 Å². The van der Waals surface area contributed by atoms with Gasteiger partial charge in [-0.3, -0.25) is 0 Å². The lowest BCUT2D eigenvalue weighted by molar-refractivity contribution is 0.669. The van der Waals surface area contributed by atoms with Crippen LogP contribution in [0, 0.1) is 0 Å². The summed E-state index contributed by atoms with van der Waals surface area (Å²) in [6, 6.07) is 111. The number of hydrogen-bond acceptors (Lipinski definition) is 1. The van der Waals surface area contributed by atoms with Crippen molar-refractivity contribution in [1.82, 2.24) is 4.57 Å². The van der Waals surface area contributed by atoms with E-state index in [0.29, 0.717) is 0 Å². The minimum absolute atomic E-state index is 0.911. The lowest BCUT2D eigenvalue weighted by Gasteiger charge is -2.17. The Balaban J connectivity index is 0.775. The average Bonchev–Trinajstić information content (AvgIpc) is 1.26. The second-order valence-corrected chi connectivity index (χ2v) is 23.4. The molecule has 19 aromatic rings. The first kappa shape index (κ1) is 47.2. The highest BCUT2D eigenvalue weighted by Gasteiger charge is 2.19. The van der Waals surface area contributed by atoms with Crippen molar-refractivity contribution < 1.29 is 4.42 Å². The van der Waals surface area contributed by atoms with E-state index in [4.69, 9.17) is 4.42 Å². The van der Waals surface area contributed by atoms with Crippen LogP contribution < -0.4 is 0 Å². The fourth-order valence-electron chi connectivity index (χ4n) is 14.9. The highest BCUT2D eigenvalue weighted by Crippen LogP contribution is 2.45. The van der Waals surface area contributed by atoms with Gasteiger partial charge in [0.15, 0.2) is 0 Å². The smallest absolute Gasteiger partial charge is 0.135 e. The molecule has 396 valence electrons. The molecule has 2 aromatic heterocycles. The van der Waals surface area contributed by atoms with Crippen molar-refractivity contribution >= 4 is 141 Å². The zero-order valence-corrected chi connectivity index (χ0v) is 46.6. The topological polar surface area (TPSA) is 18.1 Å². The van der Waals surface area contributed by atoms with Crippen LogP contribution in [-0.4, -0.2) is 4.57 Å². The maximum atomic E-state index is 6.21. The molecule has 0 atom stereocenters. The molecule has 0 saturated carbocycles. The molecule has 0 aliphatic rings. The van der Waals surface area contributed by atoms with Gasteiger partial charge in [-0.25, -0.2) is 0 Å². The number of para-hydroxylation sites is 3. The van der Waals surface area contributed by atoms with E-state index >= 15 is 0 Å². The molecule has 19 rings (SSSR count). The standard InChI is InChI=1S/C84H49NO/c1-2-17-61-59(15-1)60-16-3-5-19-63(60)77-47-54(32-37-67(61)77)56-41-57(43-58(42-56)85-81-26-12-9-23-72(81)73-24-10-13-27-82(73)85)55-33-38-68-62-18-4-6-20-64(62)78-46-51(31-39-71(78)79(68)48-55)50-29-35-69-70-36-30-52(45-76(70)66-22-8-7-21-65(66)75(69)44-50)53-34-40-84-80(49-53)74-25-11-14-28-83(74)86-84/h1-49H. The Bertz CT molecular complexity index is 6040. The van der Waals surface area contributed by atoms with Crippen LogP contribution in [0.5, 0.6) is 0 Å². The van der Waals surface area contributed by atoms with Crippen LogP contribution in [0.1, 0.15) is 0 Å². The Morgan fingerprint density at radius 3 is 0.802 bits per heavy atom. The molecule has 0 aliphatic heterocycles. The van der Waals surface area contributed by atoms with Crippen LogP contribution >= 0.6 is 0 Å². The number of rotatable bonds is 5. The predicted octanol–water partition coefficient (Wildman–Crippen LogP) is 23.7. The normalized spacial score (nSPS) is 12.2. The molecule has 0 radical (unpaired) electrons. The first-order chi connectivity index (χ1) is 42.6. The summed E-state index contributed by atoms with van der Waals surface area (Å²) in [4.78, 5) is 0. The number of furan rings is 1. The van der Waals surface area contributed by atoms with Crippen LogP contribution in [-0.2, 0) is 0 Å². The summed E-state index contributed by atoms with van der Waals surface area (Å²) in [5.41, 5.74) is 14.8. The maximum Gasteiger partial charge on any atom is 0.135 e. The summed E-state index contributed by atoms with van der Waals surface area (Å²) < 4.78 is 8.67. The molecule has 0 amide bonds. The minimum Gasteiger partial charge on any atom is -0.456 e. The molecule has 0 unspecified atom stereocenters. The average molecular weight is 1090 g/mol. The third kappa shape index (κ3) is 6.96. The summed E-state index contributed by atoms with van der Waals surface area (Å²) in [6.07, 6.45) is 0. The maximum absolute atomic E-state index is 6.21. The molecular weight excluding hydrogens is 1040 g/mol. The van der Waals surface area contributed by atoms with Gasteiger partial charge >= 0.3 is 0 Å². The Morgan fingerprint density at radius 1 is 0.163 bits per heavy atom. The number of benzene rings is 17. The van der Waals surface area contributed by atoms with Gasteiger partial charge in [0.2, 0.25) is 0 Å². The number of aromatic nitrogens is 1. The van der Waals surface area contributed by atoms with Gasteiger partial charge < -0.3 is 8.98 Å². The van der Waals surface area contributed by atoms with E-state index in [1.165, 1.54) is 163 Å². The quantitative estimate of drug-likeness (QED) is 0.157. The van der Waals surface area contributed by atoms with Crippen molar-refractivity contribution in [2.24, 2.45) is 0 Å². The summed E-state index contributed by atoms with van der Waals surface area (Å²) >= 11 is 0. The second-order valence-electron chi connectivity index (χ2n) is 23.4. The van der Waals surface area contributed by atoms with Crippen LogP contribution in [0.25, 0.3) is 191 Å². The fourth-order valence-corrected chi connectivity index (χ4v) is 14.9. The number of hydrogen-bond donors (Lipinski definition) is 0. The third-order valence-corrected chi connectivity index (χ3v) is 18.9. The van der Waals surface area contributed by atoms with Crippen molar-refractivity contribution in [2.45, 2.75) is 0 Å². The number of nitrogens with zero attached hydrogens (tertiary/aromatic N) is 1. The molecule has 17 aromatic carbocycles. The Labute approximate surface area is 494 Å². The molecule has 86 heavy (non-hydrogen) atoms. The second kappa shape index (κ2) is 18.1. The molecule has 0 N–H and O–H groups in total. The first-order valence-corrected chi connectivity index (χ1v) is 29.8. The van der Waals surface area contributed by atoms with Crippen molar-refractivity contribution in [1.29, 1.82) is 0 Å². The van der Waals surface area contributed by atoms with Gasteiger partial charge in [0, 0.05) is 27.2 Å². The Morgan fingerprint density at radius 2 is 0.419 bits per heavy atom. The molecular formula is C84H49NO. The van der Waals surface area contributed by atoms with Crippen LogP contribution in [0.2, 0.25) is 0 Å². The zero-order chi connectivity index (χ0) is 56.1. The van der Waals surface area contributed by atoms with E-state index in [1.54, 1.807) is 0 Å². The SMILES string of the molecule is c1ccc2c(c1)oc1ccc(-c3ccc4c5ccc(-c6ccc7c8cc(-c9cc(-c%10ccc%11c%12ccccc%12c%12ccccc%12c%11c%10)cc(-n%10c%11ccccc%11c%11ccccc%11%10)c9)ccc8c8ccccc8c7c6)cc5c5ccccc5c4c3)cc12. The van der Waals surface area contributed by atoms with E-state index < -0.39 is 0 Å². The minimum atomic E-state index is 0.911. The highest BCUT2D eigenvalue weighted by atomic mass is 16.3. The van der Waals surface area contributed by atoms with Gasteiger partial charge in [0.1, 0.15) is 11.2 Å². The van der Waals surface area contributed by atoms with Gasteiger partial charge in [0.25, 0.3) is 0 Å². The summed E-state index contributed by atoms with van der Waals surface area (Å²) in [7, 11) is 0. The van der Waals surface area contributed by atoms with Crippen molar-refractivity contribution in [2.75, 3.05) is 0 Å². The van der Waals surface area contributed by atoms with Crippen LogP contribution in [0.3, 0.4) is 0 Å². The molecule has 2 nitrogen and oxygen atoms in total.